The molecule has 1 saturated heterocycles. The van der Waals surface area contributed by atoms with E-state index in [1.165, 1.54) is 37.1 Å². The van der Waals surface area contributed by atoms with E-state index in [4.69, 9.17) is 11.6 Å². The fourth-order valence-corrected chi connectivity index (χ4v) is 2.56. The predicted molar refractivity (Wildman–Crippen MR) is 74.7 cm³/mol. The molecular formula is C15H22ClN. The maximum absolute atomic E-state index is 6.39. The van der Waals surface area contributed by atoms with Crippen molar-refractivity contribution < 1.29 is 0 Å². The number of rotatable bonds is 2. The second-order valence-electron chi connectivity index (χ2n) is 6.04. The molecule has 2 heteroatoms. The topological polar surface area (TPSA) is 3.24 Å². The Morgan fingerprint density at radius 3 is 2.35 bits per heavy atom. The Bertz CT molecular complexity index is 386. The number of hydrogen-bond donors (Lipinski definition) is 0. The highest BCUT2D eigenvalue weighted by atomic mass is 35.5. The average Bonchev–Trinajstić information content (AvgIpc) is 2.72. The van der Waals surface area contributed by atoms with Crippen molar-refractivity contribution in [3.8, 4) is 0 Å². The number of nitrogens with zero attached hydrogens (tertiary/aromatic N) is 1. The van der Waals surface area contributed by atoms with Crippen LogP contribution in [0, 0.1) is 0 Å². The normalized spacial score (nSPS) is 17.6. The summed E-state index contributed by atoms with van der Waals surface area (Å²) in [6.45, 7) is 10.1. The molecule has 94 valence electrons. The van der Waals surface area contributed by atoms with Crippen LogP contribution in [0.25, 0.3) is 0 Å². The smallest absolute Gasteiger partial charge is 0.0453 e. The molecule has 0 spiro atoms. The SMILES string of the molecule is CC(C)(C)c1ccc(CN2CCCC2)c(Cl)c1. The summed E-state index contributed by atoms with van der Waals surface area (Å²) in [7, 11) is 0. The van der Waals surface area contributed by atoms with Crippen molar-refractivity contribution in [2.24, 2.45) is 0 Å². The minimum Gasteiger partial charge on any atom is -0.299 e. The van der Waals surface area contributed by atoms with Gasteiger partial charge in [-0.2, -0.15) is 0 Å². The predicted octanol–water partition coefficient (Wildman–Crippen LogP) is 4.23. The average molecular weight is 252 g/mol. The summed E-state index contributed by atoms with van der Waals surface area (Å²) in [5.74, 6) is 0. The zero-order valence-electron chi connectivity index (χ0n) is 11.1. The molecule has 1 fully saturated rings. The van der Waals surface area contributed by atoms with Crippen LogP contribution in [0.1, 0.15) is 44.7 Å². The summed E-state index contributed by atoms with van der Waals surface area (Å²) in [6, 6.07) is 6.55. The van der Waals surface area contributed by atoms with Crippen molar-refractivity contribution >= 4 is 11.6 Å². The van der Waals surface area contributed by atoms with Gasteiger partial charge in [0.15, 0.2) is 0 Å². The minimum absolute atomic E-state index is 0.176. The van der Waals surface area contributed by atoms with Crippen LogP contribution in [0.4, 0.5) is 0 Å². The van der Waals surface area contributed by atoms with Gasteiger partial charge in [0.1, 0.15) is 0 Å². The van der Waals surface area contributed by atoms with Gasteiger partial charge in [0.2, 0.25) is 0 Å². The van der Waals surface area contributed by atoms with E-state index in [2.05, 4.69) is 43.9 Å². The van der Waals surface area contributed by atoms with E-state index < -0.39 is 0 Å². The Hall–Kier alpha value is -0.530. The fraction of sp³-hybridized carbons (Fsp3) is 0.600. The van der Waals surface area contributed by atoms with Gasteiger partial charge in [-0.3, -0.25) is 4.90 Å². The largest absolute Gasteiger partial charge is 0.299 e. The van der Waals surface area contributed by atoms with Crippen molar-refractivity contribution in [1.29, 1.82) is 0 Å². The maximum atomic E-state index is 6.39. The van der Waals surface area contributed by atoms with Gasteiger partial charge in [-0.25, -0.2) is 0 Å². The summed E-state index contributed by atoms with van der Waals surface area (Å²) < 4.78 is 0. The maximum Gasteiger partial charge on any atom is 0.0453 e. The van der Waals surface area contributed by atoms with Crippen LogP contribution >= 0.6 is 11.6 Å². The van der Waals surface area contributed by atoms with Crippen LogP contribution in [0.15, 0.2) is 18.2 Å². The number of likely N-dealkylation sites (tertiary alicyclic amines) is 1. The number of benzene rings is 1. The van der Waals surface area contributed by atoms with Crippen LogP contribution in [-0.4, -0.2) is 18.0 Å². The molecule has 1 aromatic carbocycles. The van der Waals surface area contributed by atoms with Gasteiger partial charge in [-0.1, -0.05) is 44.5 Å². The van der Waals surface area contributed by atoms with Crippen LogP contribution in [0.3, 0.4) is 0 Å². The first-order valence-corrected chi connectivity index (χ1v) is 6.86. The summed E-state index contributed by atoms with van der Waals surface area (Å²) in [6.07, 6.45) is 2.66. The Labute approximate surface area is 110 Å². The zero-order chi connectivity index (χ0) is 12.5. The molecule has 0 atom stereocenters. The summed E-state index contributed by atoms with van der Waals surface area (Å²) in [5.41, 5.74) is 2.75. The van der Waals surface area contributed by atoms with Gasteiger partial charge in [-0.15, -0.1) is 0 Å². The molecule has 2 rings (SSSR count). The first-order valence-electron chi connectivity index (χ1n) is 6.48. The summed E-state index contributed by atoms with van der Waals surface area (Å²) >= 11 is 6.39. The molecule has 1 heterocycles. The lowest BCUT2D eigenvalue weighted by Crippen LogP contribution is -2.19. The van der Waals surface area contributed by atoms with E-state index in [0.29, 0.717) is 0 Å². The Kier molecular flexibility index (Phi) is 3.79. The fourth-order valence-electron chi connectivity index (χ4n) is 2.32. The monoisotopic (exact) mass is 251 g/mol. The molecule has 1 aliphatic rings. The molecule has 0 radical (unpaired) electrons. The quantitative estimate of drug-likeness (QED) is 0.760. The number of hydrogen-bond acceptors (Lipinski definition) is 1. The molecule has 1 aliphatic heterocycles. The van der Waals surface area contributed by atoms with Crippen molar-refractivity contribution in [2.75, 3.05) is 13.1 Å². The van der Waals surface area contributed by atoms with Crippen molar-refractivity contribution in [2.45, 2.75) is 45.6 Å². The van der Waals surface area contributed by atoms with E-state index in [-0.39, 0.29) is 5.41 Å². The van der Waals surface area contributed by atoms with Crippen LogP contribution in [0.2, 0.25) is 5.02 Å². The van der Waals surface area contributed by atoms with E-state index >= 15 is 0 Å². The van der Waals surface area contributed by atoms with Gasteiger partial charge < -0.3 is 0 Å². The molecule has 0 amide bonds. The van der Waals surface area contributed by atoms with Gasteiger partial charge in [0, 0.05) is 11.6 Å². The minimum atomic E-state index is 0.176. The highest BCUT2D eigenvalue weighted by molar-refractivity contribution is 6.31. The molecular weight excluding hydrogens is 230 g/mol. The van der Waals surface area contributed by atoms with E-state index in [1.54, 1.807) is 0 Å². The molecule has 0 unspecified atom stereocenters. The number of halogens is 1. The third-order valence-corrected chi connectivity index (χ3v) is 3.86. The van der Waals surface area contributed by atoms with Crippen LogP contribution in [-0.2, 0) is 12.0 Å². The van der Waals surface area contributed by atoms with E-state index in [0.717, 1.165) is 11.6 Å². The van der Waals surface area contributed by atoms with E-state index in [1.807, 2.05) is 0 Å². The van der Waals surface area contributed by atoms with Crippen molar-refractivity contribution in [1.82, 2.24) is 4.90 Å². The molecule has 0 bridgehead atoms. The first-order chi connectivity index (χ1) is 7.97. The van der Waals surface area contributed by atoms with Gasteiger partial charge >= 0.3 is 0 Å². The van der Waals surface area contributed by atoms with Crippen LogP contribution < -0.4 is 0 Å². The molecule has 0 saturated carbocycles. The molecule has 0 aromatic heterocycles. The lowest BCUT2D eigenvalue weighted by atomic mass is 9.86. The Morgan fingerprint density at radius 1 is 1.18 bits per heavy atom. The lowest BCUT2D eigenvalue weighted by molar-refractivity contribution is 0.331. The standard InChI is InChI=1S/C15H22ClN/c1-15(2,3)13-7-6-12(14(16)10-13)11-17-8-4-5-9-17/h6-7,10H,4-5,8-9,11H2,1-3H3. The Balaban J connectivity index is 2.14. The third kappa shape index (κ3) is 3.23. The van der Waals surface area contributed by atoms with Gasteiger partial charge in [-0.05, 0) is 48.5 Å². The molecule has 0 N–H and O–H groups in total. The molecule has 17 heavy (non-hydrogen) atoms. The van der Waals surface area contributed by atoms with Crippen molar-refractivity contribution in [3.05, 3.63) is 34.3 Å². The summed E-state index contributed by atoms with van der Waals surface area (Å²) in [5, 5.41) is 0.921. The highest BCUT2D eigenvalue weighted by Gasteiger charge is 2.17. The molecule has 1 aromatic rings. The van der Waals surface area contributed by atoms with Crippen LogP contribution in [0.5, 0.6) is 0 Å². The highest BCUT2D eigenvalue weighted by Crippen LogP contribution is 2.28. The Morgan fingerprint density at radius 2 is 1.82 bits per heavy atom. The van der Waals surface area contributed by atoms with Gasteiger partial charge in [0.25, 0.3) is 0 Å². The second kappa shape index (κ2) is 4.99. The molecule has 0 aliphatic carbocycles. The summed E-state index contributed by atoms with van der Waals surface area (Å²) in [4.78, 5) is 2.48. The first kappa shape index (κ1) is 12.9. The van der Waals surface area contributed by atoms with Gasteiger partial charge in [0.05, 0.1) is 0 Å². The van der Waals surface area contributed by atoms with Crippen molar-refractivity contribution in [3.63, 3.8) is 0 Å². The lowest BCUT2D eigenvalue weighted by Gasteiger charge is -2.21. The van der Waals surface area contributed by atoms with E-state index in [9.17, 15) is 0 Å². The third-order valence-electron chi connectivity index (χ3n) is 3.51. The second-order valence-corrected chi connectivity index (χ2v) is 6.45. The molecule has 1 nitrogen and oxygen atoms in total. The zero-order valence-corrected chi connectivity index (χ0v) is 11.8.